The first kappa shape index (κ1) is 25.4. The predicted octanol–water partition coefficient (Wildman–Crippen LogP) is 9.71. The van der Waals surface area contributed by atoms with Crippen LogP contribution in [0.5, 0.6) is 0 Å². The first-order valence-electron chi connectivity index (χ1n) is 15.1. The zero-order valence-corrected chi connectivity index (χ0v) is 24.6. The van der Waals surface area contributed by atoms with Gasteiger partial charge in [0.1, 0.15) is 0 Å². The van der Waals surface area contributed by atoms with E-state index in [-0.39, 0.29) is 0 Å². The second-order valence-electron chi connectivity index (χ2n) is 11.4. The van der Waals surface area contributed by atoms with Gasteiger partial charge in [0.2, 0.25) is 5.95 Å². The lowest BCUT2D eigenvalue weighted by atomic mass is 10.0. The third-order valence-electron chi connectivity index (χ3n) is 8.74. The average Bonchev–Trinajstić information content (AvgIpc) is 3.69. The molecule has 5 heteroatoms. The molecule has 0 spiro atoms. The fourth-order valence-corrected chi connectivity index (χ4v) is 6.65. The van der Waals surface area contributed by atoms with Crippen LogP contribution in [-0.2, 0) is 0 Å². The summed E-state index contributed by atoms with van der Waals surface area (Å²) in [5.41, 5.74) is 7.64. The minimum absolute atomic E-state index is 0.595. The number of aromatic nitrogens is 5. The number of fused-ring (bicyclic) bond motifs is 7. The Morgan fingerprint density at radius 1 is 0.489 bits per heavy atom. The van der Waals surface area contributed by atoms with Crippen molar-refractivity contribution in [2.24, 2.45) is 0 Å². The first-order valence-corrected chi connectivity index (χ1v) is 15.1. The number of benzene rings is 6. The minimum Gasteiger partial charge on any atom is -0.316 e. The highest BCUT2D eigenvalue weighted by Gasteiger charge is 2.20. The molecule has 0 aliphatic rings. The molecule has 0 N–H and O–H groups in total. The van der Waals surface area contributed by atoms with E-state index in [0.29, 0.717) is 17.6 Å². The molecular weight excluding hydrogens is 550 g/mol. The zero-order chi connectivity index (χ0) is 29.9. The maximum absolute atomic E-state index is 5.09. The average molecular weight is 578 g/mol. The van der Waals surface area contributed by atoms with E-state index >= 15 is 0 Å². The summed E-state index contributed by atoms with van der Waals surface area (Å²) in [5.74, 6) is 1.88. The summed E-state index contributed by atoms with van der Waals surface area (Å²) in [7, 11) is 0. The molecule has 0 bridgehead atoms. The molecule has 0 saturated carbocycles. The summed E-state index contributed by atoms with van der Waals surface area (Å²) in [6.07, 6.45) is 2.18. The fourth-order valence-electron chi connectivity index (χ4n) is 6.65. The third kappa shape index (κ3) is 3.98. The van der Waals surface area contributed by atoms with Gasteiger partial charge in [0.05, 0.1) is 16.6 Å². The van der Waals surface area contributed by atoms with Crippen molar-refractivity contribution >= 4 is 43.5 Å². The Bertz CT molecular complexity index is 2490. The summed E-state index contributed by atoms with van der Waals surface area (Å²) < 4.78 is 4.51. The molecule has 0 unspecified atom stereocenters. The van der Waals surface area contributed by atoms with E-state index in [1.807, 2.05) is 60.7 Å². The van der Waals surface area contributed by atoms with Crippen molar-refractivity contribution in [3.05, 3.63) is 151 Å². The molecule has 0 atom stereocenters. The zero-order valence-electron chi connectivity index (χ0n) is 24.6. The summed E-state index contributed by atoms with van der Waals surface area (Å²) in [5, 5.41) is 5.97. The van der Waals surface area contributed by atoms with Crippen molar-refractivity contribution in [1.82, 2.24) is 24.1 Å². The van der Waals surface area contributed by atoms with Gasteiger partial charge in [0.25, 0.3) is 0 Å². The Hall–Kier alpha value is -6.07. The quantitative estimate of drug-likeness (QED) is 0.209. The topological polar surface area (TPSA) is 48.5 Å². The Morgan fingerprint density at radius 2 is 1.13 bits per heavy atom. The normalized spacial score (nSPS) is 11.7. The van der Waals surface area contributed by atoms with Crippen molar-refractivity contribution in [2.75, 3.05) is 0 Å². The van der Waals surface area contributed by atoms with Gasteiger partial charge >= 0.3 is 0 Å². The van der Waals surface area contributed by atoms with Gasteiger partial charge in [-0.05, 0) is 42.1 Å². The van der Waals surface area contributed by atoms with Gasteiger partial charge in [0, 0.05) is 44.6 Å². The van der Waals surface area contributed by atoms with Crippen LogP contribution in [0, 0.1) is 6.92 Å². The van der Waals surface area contributed by atoms with Crippen LogP contribution in [0.3, 0.4) is 0 Å². The molecule has 45 heavy (non-hydrogen) atoms. The second-order valence-corrected chi connectivity index (χ2v) is 11.4. The molecule has 3 heterocycles. The molecule has 9 rings (SSSR count). The summed E-state index contributed by atoms with van der Waals surface area (Å²) in [6.45, 7) is 2.17. The summed E-state index contributed by atoms with van der Waals surface area (Å²) in [4.78, 5) is 15.1. The number of aryl methyl sites for hydroxylation is 1. The number of nitrogens with zero attached hydrogens (tertiary/aromatic N) is 5. The van der Waals surface area contributed by atoms with Crippen LogP contribution in [-0.4, -0.2) is 24.1 Å². The highest BCUT2D eigenvalue weighted by Crippen LogP contribution is 2.39. The van der Waals surface area contributed by atoms with Crippen molar-refractivity contribution in [3.63, 3.8) is 0 Å². The van der Waals surface area contributed by atoms with Gasteiger partial charge in [0.15, 0.2) is 11.6 Å². The van der Waals surface area contributed by atoms with E-state index in [1.165, 1.54) is 38.3 Å². The Balaban J connectivity index is 1.36. The number of hydrogen-bond acceptors (Lipinski definition) is 3. The van der Waals surface area contributed by atoms with Gasteiger partial charge in [-0.1, -0.05) is 115 Å². The molecule has 9 aromatic rings. The van der Waals surface area contributed by atoms with Crippen molar-refractivity contribution in [3.8, 4) is 34.4 Å². The van der Waals surface area contributed by atoms with E-state index in [9.17, 15) is 0 Å². The second kappa shape index (κ2) is 10.00. The predicted molar refractivity (Wildman–Crippen MR) is 184 cm³/mol. The van der Waals surface area contributed by atoms with Gasteiger partial charge in [-0.2, -0.15) is 9.97 Å². The van der Waals surface area contributed by atoms with Gasteiger partial charge < -0.3 is 4.57 Å². The lowest BCUT2D eigenvalue weighted by Gasteiger charge is -2.12. The van der Waals surface area contributed by atoms with Crippen LogP contribution in [0.25, 0.3) is 77.9 Å². The maximum atomic E-state index is 5.09. The van der Waals surface area contributed by atoms with E-state index in [0.717, 1.165) is 27.5 Å². The van der Waals surface area contributed by atoms with Gasteiger partial charge in [-0.25, -0.2) is 4.98 Å². The molecule has 212 valence electrons. The number of para-hydroxylation sites is 2. The molecule has 5 nitrogen and oxygen atoms in total. The lowest BCUT2D eigenvalue weighted by Crippen LogP contribution is -2.06. The highest BCUT2D eigenvalue weighted by atomic mass is 15.2. The monoisotopic (exact) mass is 577 g/mol. The van der Waals surface area contributed by atoms with Crippen LogP contribution in [0.4, 0.5) is 0 Å². The van der Waals surface area contributed by atoms with Crippen LogP contribution in [0.2, 0.25) is 0 Å². The summed E-state index contributed by atoms with van der Waals surface area (Å²) >= 11 is 0. The summed E-state index contributed by atoms with van der Waals surface area (Å²) in [6, 6.07) is 48.5. The van der Waals surface area contributed by atoms with Gasteiger partial charge in [-0.15, -0.1) is 0 Å². The smallest absolute Gasteiger partial charge is 0.238 e. The number of hydrogen-bond donors (Lipinski definition) is 0. The van der Waals surface area contributed by atoms with Crippen molar-refractivity contribution in [1.29, 1.82) is 0 Å². The van der Waals surface area contributed by atoms with E-state index in [2.05, 4.69) is 101 Å². The fraction of sp³-hybridized carbons (Fsp3) is 0.0250. The lowest BCUT2D eigenvalue weighted by molar-refractivity contribution is 0.953. The van der Waals surface area contributed by atoms with Crippen LogP contribution in [0.15, 0.2) is 146 Å². The number of rotatable bonds is 4. The largest absolute Gasteiger partial charge is 0.316 e. The van der Waals surface area contributed by atoms with Crippen LogP contribution >= 0.6 is 0 Å². The Labute approximate surface area is 259 Å². The molecule has 0 amide bonds. The van der Waals surface area contributed by atoms with Crippen molar-refractivity contribution in [2.45, 2.75) is 6.92 Å². The van der Waals surface area contributed by atoms with Crippen LogP contribution < -0.4 is 0 Å². The molecular formula is C40H27N5. The van der Waals surface area contributed by atoms with E-state index in [1.54, 1.807) is 0 Å². The standard InChI is InChI=1S/C40H27N5/c1-26-12-8-10-18-33(26)44-25-24-27-20-21-30-31(37(27)44)22-23-35-36(30)32-17-9-11-19-34(32)45(35)40-42-38(28-13-4-2-5-14-28)41-39(43-40)29-15-6-3-7-16-29/h2-25H,1H3. The highest BCUT2D eigenvalue weighted by molar-refractivity contribution is 6.25. The minimum atomic E-state index is 0.595. The maximum Gasteiger partial charge on any atom is 0.238 e. The van der Waals surface area contributed by atoms with E-state index < -0.39 is 0 Å². The molecule has 0 saturated heterocycles. The SMILES string of the molecule is Cc1ccccc1-n1ccc2ccc3c(ccc4c3c3ccccc3n4-c3nc(-c4ccccc4)nc(-c4ccccc4)n3)c21. The Morgan fingerprint density at radius 3 is 1.87 bits per heavy atom. The molecule has 0 aliphatic heterocycles. The Kier molecular flexibility index (Phi) is 5.65. The molecule has 6 aromatic carbocycles. The van der Waals surface area contributed by atoms with Crippen molar-refractivity contribution < 1.29 is 0 Å². The first-order chi connectivity index (χ1) is 22.2. The van der Waals surface area contributed by atoms with E-state index in [4.69, 9.17) is 15.0 Å². The van der Waals surface area contributed by atoms with Crippen LogP contribution in [0.1, 0.15) is 5.56 Å². The molecule has 3 aromatic heterocycles. The molecule has 0 fully saturated rings. The van der Waals surface area contributed by atoms with Gasteiger partial charge in [-0.3, -0.25) is 4.57 Å². The molecule has 0 radical (unpaired) electrons. The molecule has 0 aliphatic carbocycles. The third-order valence-corrected chi connectivity index (χ3v) is 8.74.